The largest absolute Gasteiger partial charge is 0.398 e. The second-order valence-corrected chi connectivity index (χ2v) is 5.69. The van der Waals surface area contributed by atoms with E-state index in [0.29, 0.717) is 27.8 Å². The summed E-state index contributed by atoms with van der Waals surface area (Å²) in [5.41, 5.74) is 8.97. The second-order valence-electron chi connectivity index (χ2n) is 4.39. The fourth-order valence-corrected chi connectivity index (χ4v) is 2.45. The van der Waals surface area contributed by atoms with Crippen LogP contribution in [-0.4, -0.2) is 10.9 Å². The van der Waals surface area contributed by atoms with Crippen molar-refractivity contribution >= 4 is 44.8 Å². The van der Waals surface area contributed by atoms with Crippen LogP contribution < -0.4 is 11.1 Å². The standard InChI is InChI=1S/C14H13BrClN3O/c1-7-10(5-9(15)6-11(7)17)14(20)19-12-3-4-13(16)18-8(12)2/h3-6H,17H2,1-2H3,(H,19,20). The third-order valence-electron chi connectivity index (χ3n) is 2.96. The first-order valence-electron chi connectivity index (χ1n) is 5.88. The summed E-state index contributed by atoms with van der Waals surface area (Å²) in [6, 6.07) is 6.85. The quantitative estimate of drug-likeness (QED) is 0.634. The van der Waals surface area contributed by atoms with Crippen molar-refractivity contribution in [2.45, 2.75) is 13.8 Å². The van der Waals surface area contributed by atoms with Gasteiger partial charge in [0.1, 0.15) is 5.15 Å². The molecule has 0 aliphatic rings. The minimum absolute atomic E-state index is 0.234. The van der Waals surface area contributed by atoms with Gasteiger partial charge in [0, 0.05) is 15.7 Å². The molecule has 20 heavy (non-hydrogen) atoms. The Labute approximate surface area is 130 Å². The van der Waals surface area contributed by atoms with Gasteiger partial charge < -0.3 is 11.1 Å². The van der Waals surface area contributed by atoms with Gasteiger partial charge in [-0.05, 0) is 43.7 Å². The zero-order valence-corrected chi connectivity index (χ0v) is 13.3. The molecule has 0 spiro atoms. The Bertz CT molecular complexity index is 688. The lowest BCUT2D eigenvalue weighted by Crippen LogP contribution is -2.15. The number of nitrogens with two attached hydrogens (primary N) is 1. The molecule has 0 bridgehead atoms. The molecule has 4 nitrogen and oxygen atoms in total. The molecule has 1 amide bonds. The van der Waals surface area contributed by atoms with E-state index in [-0.39, 0.29) is 5.91 Å². The lowest BCUT2D eigenvalue weighted by molar-refractivity contribution is 0.102. The summed E-state index contributed by atoms with van der Waals surface area (Å²) in [7, 11) is 0. The topological polar surface area (TPSA) is 68.0 Å². The molecular formula is C14H13BrClN3O. The second kappa shape index (κ2) is 5.81. The van der Waals surface area contributed by atoms with Crippen LogP contribution in [0.25, 0.3) is 0 Å². The molecule has 3 N–H and O–H groups in total. The van der Waals surface area contributed by atoms with Crippen LogP contribution in [0.2, 0.25) is 5.15 Å². The number of nitrogens with one attached hydrogen (secondary N) is 1. The maximum Gasteiger partial charge on any atom is 0.256 e. The SMILES string of the molecule is Cc1nc(Cl)ccc1NC(=O)c1cc(Br)cc(N)c1C. The van der Waals surface area contributed by atoms with Crippen molar-refractivity contribution < 1.29 is 4.79 Å². The molecule has 0 aliphatic heterocycles. The molecule has 1 heterocycles. The number of rotatable bonds is 2. The van der Waals surface area contributed by atoms with Crippen LogP contribution in [0.15, 0.2) is 28.7 Å². The lowest BCUT2D eigenvalue weighted by atomic mass is 10.1. The van der Waals surface area contributed by atoms with Crippen molar-refractivity contribution in [3.8, 4) is 0 Å². The summed E-state index contributed by atoms with van der Waals surface area (Å²) >= 11 is 9.13. The van der Waals surface area contributed by atoms with Crippen molar-refractivity contribution in [1.29, 1.82) is 0 Å². The summed E-state index contributed by atoms with van der Waals surface area (Å²) in [5.74, 6) is -0.234. The molecule has 0 atom stereocenters. The van der Waals surface area contributed by atoms with Crippen molar-refractivity contribution in [1.82, 2.24) is 4.98 Å². The number of hydrogen-bond donors (Lipinski definition) is 2. The Morgan fingerprint density at radius 3 is 2.70 bits per heavy atom. The number of benzene rings is 1. The van der Waals surface area contributed by atoms with Crippen LogP contribution in [0.3, 0.4) is 0 Å². The number of amides is 1. The Morgan fingerprint density at radius 1 is 1.35 bits per heavy atom. The number of carbonyl (C=O) groups is 1. The molecule has 0 aliphatic carbocycles. The molecule has 2 rings (SSSR count). The van der Waals surface area contributed by atoms with Crippen LogP contribution in [0.5, 0.6) is 0 Å². The predicted molar refractivity (Wildman–Crippen MR) is 85.2 cm³/mol. The number of anilines is 2. The highest BCUT2D eigenvalue weighted by molar-refractivity contribution is 9.10. The minimum Gasteiger partial charge on any atom is -0.398 e. The van der Waals surface area contributed by atoms with E-state index in [4.69, 9.17) is 17.3 Å². The summed E-state index contributed by atoms with van der Waals surface area (Å²) in [6.45, 7) is 3.59. The number of aryl methyl sites for hydroxylation is 1. The van der Waals surface area contributed by atoms with Gasteiger partial charge in [-0.25, -0.2) is 4.98 Å². The van der Waals surface area contributed by atoms with E-state index >= 15 is 0 Å². The van der Waals surface area contributed by atoms with Crippen LogP contribution >= 0.6 is 27.5 Å². The number of nitrogens with zero attached hydrogens (tertiary/aromatic N) is 1. The van der Waals surface area contributed by atoms with Gasteiger partial charge in [-0.3, -0.25) is 4.79 Å². The van der Waals surface area contributed by atoms with Crippen molar-refractivity contribution in [3.63, 3.8) is 0 Å². The van der Waals surface area contributed by atoms with Gasteiger partial charge in [-0.1, -0.05) is 27.5 Å². The number of carbonyl (C=O) groups excluding carboxylic acids is 1. The van der Waals surface area contributed by atoms with Crippen molar-refractivity contribution in [2.24, 2.45) is 0 Å². The van der Waals surface area contributed by atoms with Crippen LogP contribution in [-0.2, 0) is 0 Å². The fourth-order valence-electron chi connectivity index (χ4n) is 1.79. The molecule has 0 saturated carbocycles. The normalized spacial score (nSPS) is 10.4. The highest BCUT2D eigenvalue weighted by atomic mass is 79.9. The number of hydrogen-bond acceptors (Lipinski definition) is 3. The first-order valence-corrected chi connectivity index (χ1v) is 7.05. The van der Waals surface area contributed by atoms with Crippen LogP contribution in [0, 0.1) is 13.8 Å². The monoisotopic (exact) mass is 353 g/mol. The van der Waals surface area contributed by atoms with E-state index in [9.17, 15) is 4.79 Å². The first kappa shape index (κ1) is 14.8. The molecule has 1 aromatic heterocycles. The van der Waals surface area contributed by atoms with E-state index in [2.05, 4.69) is 26.2 Å². The van der Waals surface area contributed by atoms with Crippen molar-refractivity contribution in [3.05, 3.63) is 50.7 Å². The Hall–Kier alpha value is -1.59. The van der Waals surface area contributed by atoms with E-state index in [1.807, 2.05) is 6.92 Å². The van der Waals surface area contributed by atoms with Gasteiger partial charge in [-0.15, -0.1) is 0 Å². The number of pyridine rings is 1. The summed E-state index contributed by atoms with van der Waals surface area (Å²) < 4.78 is 0.761. The average Bonchev–Trinajstić information content (AvgIpc) is 2.37. The smallest absolute Gasteiger partial charge is 0.256 e. The van der Waals surface area contributed by atoms with Gasteiger partial charge >= 0.3 is 0 Å². The van der Waals surface area contributed by atoms with Crippen LogP contribution in [0.1, 0.15) is 21.6 Å². The van der Waals surface area contributed by atoms with Gasteiger partial charge in [0.15, 0.2) is 0 Å². The summed E-state index contributed by atoms with van der Waals surface area (Å²) in [4.78, 5) is 16.4. The maximum atomic E-state index is 12.3. The highest BCUT2D eigenvalue weighted by Gasteiger charge is 2.13. The number of aromatic nitrogens is 1. The van der Waals surface area contributed by atoms with Crippen molar-refractivity contribution in [2.75, 3.05) is 11.1 Å². The Balaban J connectivity index is 2.33. The highest BCUT2D eigenvalue weighted by Crippen LogP contribution is 2.24. The molecule has 6 heteroatoms. The molecule has 1 aromatic carbocycles. The third kappa shape index (κ3) is 3.11. The van der Waals surface area contributed by atoms with Crippen LogP contribution in [0.4, 0.5) is 11.4 Å². The Kier molecular flexibility index (Phi) is 4.30. The van der Waals surface area contributed by atoms with E-state index in [0.717, 1.165) is 10.0 Å². The average molecular weight is 355 g/mol. The summed E-state index contributed by atoms with van der Waals surface area (Å²) in [6.07, 6.45) is 0. The molecule has 104 valence electrons. The maximum absolute atomic E-state index is 12.3. The van der Waals surface area contributed by atoms with Gasteiger partial charge in [0.2, 0.25) is 0 Å². The summed E-state index contributed by atoms with van der Waals surface area (Å²) in [5, 5.41) is 3.20. The number of halogens is 2. The molecule has 2 aromatic rings. The Morgan fingerprint density at radius 2 is 2.05 bits per heavy atom. The van der Waals surface area contributed by atoms with Gasteiger partial charge in [0.25, 0.3) is 5.91 Å². The molecule has 0 saturated heterocycles. The zero-order valence-electron chi connectivity index (χ0n) is 11.0. The number of nitrogen functional groups attached to an aromatic ring is 1. The zero-order chi connectivity index (χ0) is 14.9. The van der Waals surface area contributed by atoms with E-state index in [1.54, 1.807) is 31.2 Å². The first-order chi connectivity index (χ1) is 9.38. The van der Waals surface area contributed by atoms with E-state index in [1.165, 1.54) is 0 Å². The third-order valence-corrected chi connectivity index (χ3v) is 3.63. The fraction of sp³-hybridized carbons (Fsp3) is 0.143. The van der Waals surface area contributed by atoms with Gasteiger partial charge in [0.05, 0.1) is 11.4 Å². The van der Waals surface area contributed by atoms with E-state index < -0.39 is 0 Å². The molecule has 0 fully saturated rings. The molecule has 0 unspecified atom stereocenters. The van der Waals surface area contributed by atoms with Gasteiger partial charge in [-0.2, -0.15) is 0 Å². The molecular weight excluding hydrogens is 342 g/mol. The minimum atomic E-state index is -0.234. The molecule has 0 radical (unpaired) electrons. The lowest BCUT2D eigenvalue weighted by Gasteiger charge is -2.11. The predicted octanol–water partition coefficient (Wildman–Crippen LogP) is 3.95.